The number of nitro benzene ring substituents is 1. The average Bonchev–Trinajstić information content (AvgIpc) is 2.67. The fourth-order valence-corrected chi connectivity index (χ4v) is 4.38. The van der Waals surface area contributed by atoms with Crippen molar-refractivity contribution in [2.75, 3.05) is 31.1 Å². The molecule has 0 bridgehead atoms. The summed E-state index contributed by atoms with van der Waals surface area (Å²) < 4.78 is 0. The summed E-state index contributed by atoms with van der Waals surface area (Å²) in [5.41, 5.74) is 1.11. The van der Waals surface area contributed by atoms with Crippen LogP contribution in [-0.4, -0.2) is 64.9 Å². The Hall–Kier alpha value is -2.15. The van der Waals surface area contributed by atoms with Crippen LogP contribution in [0.2, 0.25) is 0 Å². The Labute approximate surface area is 161 Å². The zero-order valence-electron chi connectivity index (χ0n) is 16.5. The quantitative estimate of drug-likeness (QED) is 0.599. The highest BCUT2D eigenvalue weighted by Gasteiger charge is 2.34. The molecule has 0 N–H and O–H groups in total. The van der Waals surface area contributed by atoms with Crippen LogP contribution in [-0.2, 0) is 4.79 Å². The van der Waals surface area contributed by atoms with Gasteiger partial charge in [0.25, 0.3) is 5.69 Å². The number of piperidine rings is 1. The van der Waals surface area contributed by atoms with Crippen molar-refractivity contribution in [1.82, 2.24) is 9.80 Å². The van der Waals surface area contributed by atoms with Crippen LogP contribution in [0.5, 0.6) is 0 Å². The zero-order valence-corrected chi connectivity index (χ0v) is 16.5. The van der Waals surface area contributed by atoms with Gasteiger partial charge in [-0.3, -0.25) is 19.8 Å². The molecule has 0 aromatic heterocycles. The molecular weight excluding hydrogens is 344 g/mol. The summed E-state index contributed by atoms with van der Waals surface area (Å²) >= 11 is 0. The molecule has 0 aliphatic carbocycles. The van der Waals surface area contributed by atoms with Gasteiger partial charge in [0.2, 0.25) is 5.91 Å². The Morgan fingerprint density at radius 3 is 2.15 bits per heavy atom. The predicted octanol–water partition coefficient (Wildman–Crippen LogP) is 2.89. The molecule has 2 fully saturated rings. The van der Waals surface area contributed by atoms with Gasteiger partial charge in [-0.05, 0) is 52.2 Å². The Morgan fingerprint density at radius 2 is 1.63 bits per heavy atom. The summed E-state index contributed by atoms with van der Waals surface area (Å²) in [7, 11) is 0. The third kappa shape index (κ3) is 4.24. The third-order valence-electron chi connectivity index (χ3n) is 6.09. The lowest BCUT2D eigenvalue weighted by atomic mass is 9.96. The third-order valence-corrected chi connectivity index (χ3v) is 6.09. The first-order valence-corrected chi connectivity index (χ1v) is 9.94. The number of nitrogens with zero attached hydrogens (tertiary/aromatic N) is 4. The molecule has 2 aliphatic heterocycles. The van der Waals surface area contributed by atoms with E-state index in [1.54, 1.807) is 24.3 Å². The number of amides is 1. The van der Waals surface area contributed by atoms with E-state index >= 15 is 0 Å². The first-order chi connectivity index (χ1) is 12.9. The highest BCUT2D eigenvalue weighted by Crippen LogP contribution is 2.25. The van der Waals surface area contributed by atoms with E-state index in [4.69, 9.17) is 0 Å². The highest BCUT2D eigenvalue weighted by atomic mass is 16.6. The second-order valence-corrected chi connectivity index (χ2v) is 7.85. The minimum atomic E-state index is -0.377. The van der Waals surface area contributed by atoms with Crippen LogP contribution in [0, 0.1) is 10.1 Å². The highest BCUT2D eigenvalue weighted by molar-refractivity contribution is 5.82. The van der Waals surface area contributed by atoms with Gasteiger partial charge in [0.1, 0.15) is 0 Å². The monoisotopic (exact) mass is 374 g/mol. The summed E-state index contributed by atoms with van der Waals surface area (Å²) in [5.74, 6) is 0.249. The summed E-state index contributed by atoms with van der Waals surface area (Å²) in [4.78, 5) is 30.1. The van der Waals surface area contributed by atoms with Gasteiger partial charge in [0, 0.05) is 56.1 Å². The predicted molar refractivity (Wildman–Crippen MR) is 106 cm³/mol. The SMILES string of the molecule is C[C@H](C(=O)N1[C@H](C)CCC[C@H]1C)N1CCN(c2ccc([N+](=O)[O-])cc2)CC1. The number of piperazine rings is 1. The molecule has 2 aliphatic rings. The van der Waals surface area contributed by atoms with Crippen molar-refractivity contribution in [3.05, 3.63) is 34.4 Å². The van der Waals surface area contributed by atoms with Gasteiger partial charge in [-0.2, -0.15) is 0 Å². The fraction of sp³-hybridized carbons (Fsp3) is 0.650. The molecule has 1 aromatic rings. The van der Waals surface area contributed by atoms with E-state index in [1.807, 2.05) is 6.92 Å². The summed E-state index contributed by atoms with van der Waals surface area (Å²) in [6, 6.07) is 7.25. The van der Waals surface area contributed by atoms with Gasteiger partial charge in [0.05, 0.1) is 11.0 Å². The van der Waals surface area contributed by atoms with Gasteiger partial charge < -0.3 is 9.80 Å². The van der Waals surface area contributed by atoms with E-state index in [2.05, 4.69) is 28.5 Å². The van der Waals surface area contributed by atoms with Crippen LogP contribution >= 0.6 is 0 Å². The van der Waals surface area contributed by atoms with Crippen molar-refractivity contribution in [3.8, 4) is 0 Å². The first-order valence-electron chi connectivity index (χ1n) is 9.94. The smallest absolute Gasteiger partial charge is 0.269 e. The van der Waals surface area contributed by atoms with Crippen molar-refractivity contribution >= 4 is 17.3 Å². The molecule has 7 heteroatoms. The molecule has 0 saturated carbocycles. The van der Waals surface area contributed by atoms with Gasteiger partial charge >= 0.3 is 0 Å². The van der Waals surface area contributed by atoms with E-state index in [9.17, 15) is 14.9 Å². The van der Waals surface area contributed by atoms with E-state index in [-0.39, 0.29) is 22.6 Å². The maximum absolute atomic E-state index is 13.1. The van der Waals surface area contributed by atoms with Crippen LogP contribution in [0.4, 0.5) is 11.4 Å². The molecule has 2 heterocycles. The number of hydrogen-bond donors (Lipinski definition) is 0. The number of rotatable bonds is 4. The minimum Gasteiger partial charge on any atom is -0.369 e. The maximum atomic E-state index is 13.1. The second-order valence-electron chi connectivity index (χ2n) is 7.85. The van der Waals surface area contributed by atoms with Crippen molar-refractivity contribution in [2.45, 2.75) is 58.2 Å². The number of benzene rings is 1. The molecule has 0 spiro atoms. The molecule has 7 nitrogen and oxygen atoms in total. The van der Waals surface area contributed by atoms with E-state index in [0.717, 1.165) is 44.7 Å². The Kier molecular flexibility index (Phi) is 5.99. The maximum Gasteiger partial charge on any atom is 0.269 e. The van der Waals surface area contributed by atoms with Gasteiger partial charge in [-0.25, -0.2) is 0 Å². The molecule has 1 amide bonds. The molecule has 148 valence electrons. The van der Waals surface area contributed by atoms with E-state index < -0.39 is 0 Å². The topological polar surface area (TPSA) is 69.9 Å². The number of hydrogen-bond acceptors (Lipinski definition) is 5. The molecule has 3 rings (SSSR count). The number of carbonyl (C=O) groups is 1. The van der Waals surface area contributed by atoms with E-state index in [1.165, 1.54) is 6.42 Å². The van der Waals surface area contributed by atoms with Gasteiger partial charge in [-0.1, -0.05) is 0 Å². The zero-order chi connectivity index (χ0) is 19.6. The lowest BCUT2D eigenvalue weighted by Gasteiger charge is -2.44. The van der Waals surface area contributed by atoms with E-state index in [0.29, 0.717) is 12.1 Å². The van der Waals surface area contributed by atoms with Crippen molar-refractivity contribution in [3.63, 3.8) is 0 Å². The lowest BCUT2D eigenvalue weighted by molar-refractivity contribution is -0.384. The van der Waals surface area contributed by atoms with Crippen LogP contribution in [0.15, 0.2) is 24.3 Å². The van der Waals surface area contributed by atoms with Crippen molar-refractivity contribution in [2.24, 2.45) is 0 Å². The lowest BCUT2D eigenvalue weighted by Crippen LogP contribution is -2.58. The first kappa shape index (κ1) is 19.6. The molecule has 27 heavy (non-hydrogen) atoms. The van der Waals surface area contributed by atoms with Crippen molar-refractivity contribution in [1.29, 1.82) is 0 Å². The van der Waals surface area contributed by atoms with Crippen LogP contribution in [0.1, 0.15) is 40.0 Å². The average molecular weight is 374 g/mol. The minimum absolute atomic E-state index is 0.105. The fourth-order valence-electron chi connectivity index (χ4n) is 4.38. The molecule has 0 unspecified atom stereocenters. The van der Waals surface area contributed by atoms with Crippen LogP contribution in [0.3, 0.4) is 0 Å². The molecule has 1 aromatic carbocycles. The summed E-state index contributed by atoms with van der Waals surface area (Å²) in [6.45, 7) is 9.62. The number of carbonyl (C=O) groups excluding carboxylic acids is 1. The Bertz CT molecular complexity index is 660. The standard InChI is InChI=1S/C20H30N4O3/c1-15-5-4-6-16(2)23(15)20(25)17(3)21-11-13-22(14-12-21)18-7-9-19(10-8-18)24(26)27/h7-10,15-17H,4-6,11-14H2,1-3H3/t15-,16-,17-/m1/s1. The second kappa shape index (κ2) is 8.25. The van der Waals surface area contributed by atoms with Crippen LogP contribution < -0.4 is 4.90 Å². The Balaban J connectivity index is 1.58. The number of nitro groups is 1. The number of non-ortho nitro benzene ring substituents is 1. The summed E-state index contributed by atoms with van der Waals surface area (Å²) in [6.07, 6.45) is 3.39. The molecule has 2 saturated heterocycles. The number of likely N-dealkylation sites (tertiary alicyclic amines) is 1. The van der Waals surface area contributed by atoms with Crippen LogP contribution in [0.25, 0.3) is 0 Å². The molecule has 0 radical (unpaired) electrons. The number of anilines is 1. The summed E-state index contributed by atoms with van der Waals surface area (Å²) in [5, 5.41) is 10.8. The van der Waals surface area contributed by atoms with Crippen molar-refractivity contribution < 1.29 is 9.72 Å². The van der Waals surface area contributed by atoms with Gasteiger partial charge in [-0.15, -0.1) is 0 Å². The largest absolute Gasteiger partial charge is 0.369 e. The normalized spacial score (nSPS) is 25.3. The molecule has 3 atom stereocenters. The molecular formula is C20H30N4O3. The van der Waals surface area contributed by atoms with Gasteiger partial charge in [0.15, 0.2) is 0 Å². The Morgan fingerprint density at radius 1 is 1.07 bits per heavy atom.